The van der Waals surface area contributed by atoms with E-state index < -0.39 is 6.04 Å². The third kappa shape index (κ3) is 4.27. The molecule has 9 nitrogen and oxygen atoms in total. The van der Waals surface area contributed by atoms with Crippen molar-refractivity contribution in [1.29, 1.82) is 0 Å². The van der Waals surface area contributed by atoms with E-state index in [9.17, 15) is 9.59 Å². The van der Waals surface area contributed by atoms with Crippen LogP contribution in [0.4, 0.5) is 0 Å². The van der Waals surface area contributed by atoms with E-state index in [2.05, 4.69) is 22.1 Å². The van der Waals surface area contributed by atoms with Crippen LogP contribution in [0, 0.1) is 5.92 Å². The molecule has 1 fully saturated rings. The normalized spacial score (nSPS) is 22.5. The molecule has 0 unspecified atom stereocenters. The number of rotatable bonds is 3. The number of carbonyl (C=O) groups excluding carboxylic acids is 1. The number of piperidine rings is 1. The molecule has 5 heterocycles. The van der Waals surface area contributed by atoms with Gasteiger partial charge in [0.15, 0.2) is 0 Å². The van der Waals surface area contributed by atoms with Gasteiger partial charge in [0.05, 0.1) is 5.69 Å². The second-order valence-electron chi connectivity index (χ2n) is 9.51. The van der Waals surface area contributed by atoms with Gasteiger partial charge in [0.2, 0.25) is 5.91 Å². The molecule has 3 aliphatic rings. The highest BCUT2D eigenvalue weighted by molar-refractivity contribution is 5.82. The lowest BCUT2D eigenvalue weighted by molar-refractivity contribution is -0.139. The summed E-state index contributed by atoms with van der Waals surface area (Å²) in [5, 5.41) is 11.2. The molecule has 1 N–H and O–H groups in total. The predicted octanol–water partition coefficient (Wildman–Crippen LogP) is 1.99. The summed E-state index contributed by atoms with van der Waals surface area (Å²) in [6.07, 6.45) is 2.77. The number of carbonyl (C=O) groups is 2. The smallest absolute Gasteiger partial charge is 0.290 e. The standard InChI is InChI=1S/C25H27N5O2.CH2O2/c1-27-21(9-10-26-27)16-28-12-19-11-20(13-28)24(30-22(19)7-4-8-23(30)31)25(32)29-14-17-5-2-3-6-18(17)15-29;2-1-3/h2-10,19-20,24H,11-16H2,1H3;1H,(H,2,3)/t19-,20+,24-;/m1./s1. The Balaban J connectivity index is 0.000000806. The van der Waals surface area contributed by atoms with Crippen molar-refractivity contribution in [2.45, 2.75) is 38.0 Å². The molecule has 2 bridgehead atoms. The van der Waals surface area contributed by atoms with E-state index in [0.717, 1.165) is 37.4 Å². The number of likely N-dealkylation sites (tertiary alicyclic amines) is 1. The summed E-state index contributed by atoms with van der Waals surface area (Å²) < 4.78 is 3.72. The molecule has 0 spiro atoms. The number of nitrogens with zero attached hydrogens (tertiary/aromatic N) is 5. The summed E-state index contributed by atoms with van der Waals surface area (Å²) in [5.41, 5.74) is 4.51. The summed E-state index contributed by atoms with van der Waals surface area (Å²) in [6, 6.07) is 15.3. The zero-order chi connectivity index (χ0) is 24.5. The Hall–Kier alpha value is -3.72. The molecule has 0 saturated carbocycles. The molecule has 1 saturated heterocycles. The van der Waals surface area contributed by atoms with Gasteiger partial charge in [0.25, 0.3) is 12.0 Å². The number of hydrogen-bond acceptors (Lipinski definition) is 5. The Morgan fingerprint density at radius 3 is 2.46 bits per heavy atom. The first-order valence-electron chi connectivity index (χ1n) is 11.8. The van der Waals surface area contributed by atoms with E-state index in [-0.39, 0.29) is 29.8 Å². The van der Waals surface area contributed by atoms with Crippen LogP contribution in [0.5, 0.6) is 0 Å². The molecule has 3 aromatic rings. The largest absolute Gasteiger partial charge is 0.483 e. The fourth-order valence-electron chi connectivity index (χ4n) is 5.94. The number of benzene rings is 1. The number of carboxylic acid groups (broad SMARTS) is 1. The lowest BCUT2D eigenvalue weighted by Crippen LogP contribution is -2.53. The molecule has 6 rings (SSSR count). The topological polar surface area (TPSA) is 101 Å². The average Bonchev–Trinajstić information content (AvgIpc) is 3.46. The van der Waals surface area contributed by atoms with Gasteiger partial charge in [0, 0.05) is 69.6 Å². The Morgan fingerprint density at radius 1 is 1.09 bits per heavy atom. The van der Waals surface area contributed by atoms with Gasteiger partial charge >= 0.3 is 0 Å². The van der Waals surface area contributed by atoms with Crippen molar-refractivity contribution in [2.24, 2.45) is 13.0 Å². The summed E-state index contributed by atoms with van der Waals surface area (Å²) in [5.74, 6) is 0.447. The van der Waals surface area contributed by atoms with Crippen LogP contribution in [0.1, 0.15) is 40.9 Å². The maximum absolute atomic E-state index is 13.9. The van der Waals surface area contributed by atoms with Gasteiger partial charge in [-0.2, -0.15) is 5.10 Å². The number of amides is 1. The second-order valence-corrected chi connectivity index (χ2v) is 9.51. The van der Waals surface area contributed by atoms with Crippen LogP contribution in [0.2, 0.25) is 0 Å². The summed E-state index contributed by atoms with van der Waals surface area (Å²) in [7, 11) is 1.96. The minimum atomic E-state index is -0.446. The maximum Gasteiger partial charge on any atom is 0.290 e. The third-order valence-corrected chi connectivity index (χ3v) is 7.44. The van der Waals surface area contributed by atoms with Gasteiger partial charge in [-0.1, -0.05) is 30.3 Å². The zero-order valence-electron chi connectivity index (χ0n) is 19.7. The molecule has 182 valence electrons. The molecule has 35 heavy (non-hydrogen) atoms. The number of fused-ring (bicyclic) bond motifs is 5. The quantitative estimate of drug-likeness (QED) is 0.582. The van der Waals surface area contributed by atoms with Gasteiger partial charge in [-0.15, -0.1) is 0 Å². The lowest BCUT2D eigenvalue weighted by Gasteiger charge is -2.47. The van der Waals surface area contributed by atoms with Gasteiger partial charge in [-0.05, 0) is 29.7 Å². The summed E-state index contributed by atoms with van der Waals surface area (Å²) in [6.45, 7) is 3.49. The van der Waals surface area contributed by atoms with Gasteiger partial charge in [0.1, 0.15) is 6.04 Å². The number of aromatic nitrogens is 3. The third-order valence-electron chi connectivity index (χ3n) is 7.44. The van der Waals surface area contributed by atoms with E-state index in [1.54, 1.807) is 6.07 Å². The highest BCUT2D eigenvalue weighted by Gasteiger charge is 2.45. The molecule has 1 aromatic carbocycles. The van der Waals surface area contributed by atoms with Crippen molar-refractivity contribution in [1.82, 2.24) is 24.1 Å². The minimum absolute atomic E-state index is 0.0626. The van der Waals surface area contributed by atoms with Crippen LogP contribution in [-0.4, -0.2) is 54.7 Å². The van der Waals surface area contributed by atoms with Crippen LogP contribution < -0.4 is 5.56 Å². The Bertz CT molecular complexity index is 1270. The SMILES string of the molecule is Cn1nccc1CN1C[C@H]2C[C@@H](C1)[C@H](C(=O)N1Cc3ccccc3C1)n1c2cccc1=O.O=CO. The van der Waals surface area contributed by atoms with Crippen molar-refractivity contribution in [2.75, 3.05) is 13.1 Å². The number of aryl methyl sites for hydroxylation is 1. The second kappa shape index (κ2) is 9.50. The lowest BCUT2D eigenvalue weighted by atomic mass is 9.78. The van der Waals surface area contributed by atoms with Crippen molar-refractivity contribution in [3.63, 3.8) is 0 Å². The van der Waals surface area contributed by atoms with E-state index in [0.29, 0.717) is 13.1 Å². The predicted molar refractivity (Wildman–Crippen MR) is 128 cm³/mol. The highest BCUT2D eigenvalue weighted by Crippen LogP contribution is 2.43. The molecule has 0 radical (unpaired) electrons. The van der Waals surface area contributed by atoms with E-state index in [1.165, 1.54) is 11.1 Å². The summed E-state index contributed by atoms with van der Waals surface area (Å²) in [4.78, 5) is 39.6. The zero-order valence-corrected chi connectivity index (χ0v) is 19.7. The fourth-order valence-corrected chi connectivity index (χ4v) is 5.94. The van der Waals surface area contributed by atoms with E-state index in [1.807, 2.05) is 57.7 Å². The van der Waals surface area contributed by atoms with Crippen molar-refractivity contribution < 1.29 is 14.7 Å². The van der Waals surface area contributed by atoms with Gasteiger partial charge < -0.3 is 10.0 Å². The van der Waals surface area contributed by atoms with Crippen LogP contribution in [0.25, 0.3) is 0 Å². The fraction of sp³-hybridized carbons (Fsp3) is 0.385. The summed E-state index contributed by atoms with van der Waals surface area (Å²) >= 11 is 0. The Morgan fingerprint density at radius 2 is 1.80 bits per heavy atom. The van der Waals surface area contributed by atoms with Crippen molar-refractivity contribution in [3.8, 4) is 0 Å². The first-order valence-corrected chi connectivity index (χ1v) is 11.8. The first-order chi connectivity index (χ1) is 17.0. The maximum atomic E-state index is 13.9. The Labute approximate surface area is 203 Å². The van der Waals surface area contributed by atoms with Gasteiger partial charge in [-0.25, -0.2) is 0 Å². The molecular weight excluding hydrogens is 446 g/mol. The van der Waals surface area contributed by atoms with Crippen molar-refractivity contribution in [3.05, 3.63) is 87.6 Å². The van der Waals surface area contributed by atoms with Gasteiger partial charge in [-0.3, -0.25) is 28.5 Å². The Kier molecular flexibility index (Phi) is 6.25. The van der Waals surface area contributed by atoms with Crippen LogP contribution in [-0.2, 0) is 36.3 Å². The van der Waals surface area contributed by atoms with Crippen LogP contribution in [0.15, 0.2) is 59.5 Å². The minimum Gasteiger partial charge on any atom is -0.483 e. The molecule has 1 amide bonds. The molecule has 3 aliphatic heterocycles. The van der Waals surface area contributed by atoms with Crippen LogP contribution >= 0.6 is 0 Å². The van der Waals surface area contributed by atoms with E-state index >= 15 is 0 Å². The van der Waals surface area contributed by atoms with E-state index in [4.69, 9.17) is 9.90 Å². The average molecular weight is 476 g/mol. The molecule has 0 aliphatic carbocycles. The van der Waals surface area contributed by atoms with Crippen LogP contribution in [0.3, 0.4) is 0 Å². The molecule has 3 atom stereocenters. The number of hydrogen-bond donors (Lipinski definition) is 1. The monoisotopic (exact) mass is 475 g/mol. The van der Waals surface area contributed by atoms with Crippen molar-refractivity contribution >= 4 is 12.4 Å². The number of pyridine rings is 1. The molecular formula is C26H29N5O4. The molecule has 9 heteroatoms. The highest BCUT2D eigenvalue weighted by atomic mass is 16.3. The molecule has 2 aromatic heterocycles. The first kappa shape index (κ1) is 23.0.